The largest absolute Gasteiger partial charge is 0.394 e. The van der Waals surface area contributed by atoms with Crippen LogP contribution in [0.25, 0.3) is 16.9 Å². The molecule has 9 nitrogen and oxygen atoms in total. The molecule has 1 unspecified atom stereocenters. The lowest BCUT2D eigenvalue weighted by Crippen LogP contribution is -2.44. The van der Waals surface area contributed by atoms with Crippen LogP contribution in [-0.4, -0.2) is 49.5 Å². The monoisotopic (exact) mass is 376 g/mol. The van der Waals surface area contributed by atoms with Crippen LogP contribution in [0, 0.1) is 11.3 Å². The van der Waals surface area contributed by atoms with Gasteiger partial charge in [-0.05, 0) is 25.0 Å². The Morgan fingerprint density at radius 1 is 1.43 bits per heavy atom. The van der Waals surface area contributed by atoms with E-state index in [0.29, 0.717) is 35.0 Å². The molecule has 1 aliphatic heterocycles. The van der Waals surface area contributed by atoms with Gasteiger partial charge in [0.15, 0.2) is 11.6 Å². The van der Waals surface area contributed by atoms with Crippen molar-refractivity contribution in [2.24, 2.45) is 0 Å². The molecular weight excluding hydrogens is 356 g/mol. The molecule has 0 aromatic carbocycles. The molecule has 3 N–H and O–H groups in total. The number of nitrogens with one attached hydrogen (secondary N) is 1. The van der Waals surface area contributed by atoms with Gasteiger partial charge in [-0.2, -0.15) is 10.4 Å². The number of carbonyl (C=O) groups excluding carboxylic acids is 1. The van der Waals surface area contributed by atoms with Crippen molar-refractivity contribution in [2.45, 2.75) is 25.8 Å². The second kappa shape index (κ2) is 7.15. The summed E-state index contributed by atoms with van der Waals surface area (Å²) in [5.41, 5.74) is 8.52. The fourth-order valence-electron chi connectivity index (χ4n) is 3.43. The van der Waals surface area contributed by atoms with Gasteiger partial charge in [0.2, 0.25) is 5.91 Å². The number of nitriles is 1. The summed E-state index contributed by atoms with van der Waals surface area (Å²) < 4.78 is 1.68. The predicted octanol–water partition coefficient (Wildman–Crippen LogP) is 1.67. The third-order valence-corrected chi connectivity index (χ3v) is 4.92. The first kappa shape index (κ1) is 17.7. The molecule has 4 rings (SSSR count). The first-order valence-electron chi connectivity index (χ1n) is 9.07. The number of rotatable bonds is 3. The summed E-state index contributed by atoms with van der Waals surface area (Å²) in [5.74, 6) is 1.08. The van der Waals surface area contributed by atoms with E-state index in [0.717, 1.165) is 24.9 Å². The van der Waals surface area contributed by atoms with E-state index in [1.54, 1.807) is 42.2 Å². The first-order valence-corrected chi connectivity index (χ1v) is 9.07. The van der Waals surface area contributed by atoms with Crippen LogP contribution in [0.15, 0.2) is 30.7 Å². The zero-order valence-corrected chi connectivity index (χ0v) is 15.5. The van der Waals surface area contributed by atoms with E-state index in [1.165, 1.54) is 0 Å². The standard InChI is InChI=1S/C19H20N8O/c1-12(28)26-5-2-3-14(11-26)24-19-16(21)10-22-18(25-19)15-9-23-27-6-4-13(8-20)7-17(15)27/h4,6-7,9-10,14H,2-3,5,11,21H2,1H3,(H,22,24,25). The number of pyridine rings is 1. The van der Waals surface area contributed by atoms with Gasteiger partial charge >= 0.3 is 0 Å². The Labute approximate surface area is 161 Å². The molecule has 1 fully saturated rings. The molecule has 1 aliphatic rings. The lowest BCUT2D eigenvalue weighted by molar-refractivity contribution is -0.129. The summed E-state index contributed by atoms with van der Waals surface area (Å²) in [7, 11) is 0. The minimum Gasteiger partial charge on any atom is -0.394 e. The molecule has 1 saturated heterocycles. The Morgan fingerprint density at radius 2 is 2.29 bits per heavy atom. The van der Waals surface area contributed by atoms with Crippen molar-refractivity contribution in [3.05, 3.63) is 36.3 Å². The smallest absolute Gasteiger partial charge is 0.219 e. The van der Waals surface area contributed by atoms with Crippen LogP contribution in [0.2, 0.25) is 0 Å². The van der Waals surface area contributed by atoms with Crippen molar-refractivity contribution < 1.29 is 4.79 Å². The molecule has 0 bridgehead atoms. The number of hydrogen-bond acceptors (Lipinski definition) is 7. The topological polar surface area (TPSA) is 125 Å². The van der Waals surface area contributed by atoms with Crippen LogP contribution in [0.1, 0.15) is 25.3 Å². The van der Waals surface area contributed by atoms with Crippen molar-refractivity contribution in [2.75, 3.05) is 24.1 Å². The van der Waals surface area contributed by atoms with Gasteiger partial charge in [0.1, 0.15) is 0 Å². The van der Waals surface area contributed by atoms with Crippen LogP contribution in [-0.2, 0) is 4.79 Å². The summed E-state index contributed by atoms with van der Waals surface area (Å²) in [6.07, 6.45) is 6.83. The number of piperidine rings is 1. The van der Waals surface area contributed by atoms with Gasteiger partial charge in [-0.3, -0.25) is 4.79 Å². The average Bonchev–Trinajstić information content (AvgIpc) is 3.13. The van der Waals surface area contributed by atoms with Gasteiger partial charge in [-0.25, -0.2) is 14.5 Å². The number of carbonyl (C=O) groups is 1. The van der Waals surface area contributed by atoms with E-state index < -0.39 is 0 Å². The van der Waals surface area contributed by atoms with Crippen LogP contribution in [0.5, 0.6) is 0 Å². The first-order chi connectivity index (χ1) is 13.5. The Morgan fingerprint density at radius 3 is 3.07 bits per heavy atom. The highest BCUT2D eigenvalue weighted by Crippen LogP contribution is 2.26. The van der Waals surface area contributed by atoms with Gasteiger partial charge in [-0.15, -0.1) is 0 Å². The van der Waals surface area contributed by atoms with E-state index in [4.69, 9.17) is 11.0 Å². The maximum atomic E-state index is 11.7. The van der Waals surface area contributed by atoms with Crippen LogP contribution in [0.3, 0.4) is 0 Å². The van der Waals surface area contributed by atoms with Gasteiger partial charge in [0.25, 0.3) is 0 Å². The van der Waals surface area contributed by atoms with Crippen molar-refractivity contribution in [3.63, 3.8) is 0 Å². The Hall–Kier alpha value is -3.67. The highest BCUT2D eigenvalue weighted by molar-refractivity contribution is 5.78. The lowest BCUT2D eigenvalue weighted by atomic mass is 10.1. The number of anilines is 2. The molecule has 3 aromatic rings. The number of hydrogen-bond donors (Lipinski definition) is 2. The van der Waals surface area contributed by atoms with Crippen molar-refractivity contribution >= 4 is 22.9 Å². The molecular formula is C19H20N8O. The molecule has 4 heterocycles. The molecule has 9 heteroatoms. The van der Waals surface area contributed by atoms with E-state index in [9.17, 15) is 4.79 Å². The van der Waals surface area contributed by atoms with Crippen LogP contribution >= 0.6 is 0 Å². The van der Waals surface area contributed by atoms with E-state index in [2.05, 4.69) is 26.5 Å². The number of nitrogen functional groups attached to an aromatic ring is 1. The number of nitrogens with zero attached hydrogens (tertiary/aromatic N) is 6. The van der Waals surface area contributed by atoms with Crippen molar-refractivity contribution in [1.29, 1.82) is 5.26 Å². The Balaban J connectivity index is 1.65. The molecule has 1 atom stereocenters. The molecule has 0 radical (unpaired) electrons. The summed E-state index contributed by atoms with van der Waals surface area (Å²) >= 11 is 0. The normalized spacial score (nSPS) is 16.7. The molecule has 3 aromatic heterocycles. The predicted molar refractivity (Wildman–Crippen MR) is 104 cm³/mol. The summed E-state index contributed by atoms with van der Waals surface area (Å²) in [6.45, 7) is 2.98. The molecule has 142 valence electrons. The quantitative estimate of drug-likeness (QED) is 0.712. The van der Waals surface area contributed by atoms with Gasteiger partial charge in [-0.1, -0.05) is 0 Å². The SMILES string of the molecule is CC(=O)N1CCCC(Nc2nc(-c3cnn4ccc(C#N)cc34)ncc2N)C1. The summed E-state index contributed by atoms with van der Waals surface area (Å²) in [5, 5.41) is 16.8. The van der Waals surface area contributed by atoms with Gasteiger partial charge in [0.05, 0.1) is 40.8 Å². The van der Waals surface area contributed by atoms with Crippen molar-refractivity contribution in [1.82, 2.24) is 24.5 Å². The Bertz CT molecular complexity index is 1080. The number of fused-ring (bicyclic) bond motifs is 1. The van der Waals surface area contributed by atoms with E-state index in [-0.39, 0.29) is 11.9 Å². The highest BCUT2D eigenvalue weighted by atomic mass is 16.2. The molecule has 1 amide bonds. The zero-order chi connectivity index (χ0) is 19.7. The number of aromatic nitrogens is 4. The maximum absolute atomic E-state index is 11.7. The van der Waals surface area contributed by atoms with Crippen LogP contribution < -0.4 is 11.1 Å². The fraction of sp³-hybridized carbons (Fsp3) is 0.316. The van der Waals surface area contributed by atoms with Gasteiger partial charge < -0.3 is 16.0 Å². The van der Waals surface area contributed by atoms with Gasteiger partial charge in [0, 0.05) is 32.3 Å². The highest BCUT2D eigenvalue weighted by Gasteiger charge is 2.23. The zero-order valence-electron chi connectivity index (χ0n) is 15.5. The number of likely N-dealkylation sites (tertiary alicyclic amines) is 1. The van der Waals surface area contributed by atoms with Crippen molar-refractivity contribution in [3.8, 4) is 17.5 Å². The fourth-order valence-corrected chi connectivity index (χ4v) is 3.43. The molecule has 0 aliphatic carbocycles. The van der Waals surface area contributed by atoms with E-state index >= 15 is 0 Å². The average molecular weight is 376 g/mol. The minimum absolute atomic E-state index is 0.0718. The second-order valence-corrected chi connectivity index (χ2v) is 6.86. The summed E-state index contributed by atoms with van der Waals surface area (Å²) in [4.78, 5) is 22.4. The summed E-state index contributed by atoms with van der Waals surface area (Å²) in [6, 6.07) is 5.66. The lowest BCUT2D eigenvalue weighted by Gasteiger charge is -2.33. The second-order valence-electron chi connectivity index (χ2n) is 6.86. The number of amides is 1. The van der Waals surface area contributed by atoms with Crippen LogP contribution in [0.4, 0.5) is 11.5 Å². The molecule has 0 saturated carbocycles. The minimum atomic E-state index is 0.0718. The third-order valence-electron chi connectivity index (χ3n) is 4.92. The Kier molecular flexibility index (Phi) is 4.53. The molecule has 0 spiro atoms. The third kappa shape index (κ3) is 3.32. The maximum Gasteiger partial charge on any atom is 0.219 e. The van der Waals surface area contributed by atoms with E-state index in [1.807, 2.05) is 4.90 Å². The number of nitrogens with two attached hydrogens (primary N) is 1. The molecule has 28 heavy (non-hydrogen) atoms.